The van der Waals surface area contributed by atoms with Gasteiger partial charge in [0.2, 0.25) is 0 Å². The van der Waals surface area contributed by atoms with E-state index >= 15 is 0 Å². The molecule has 1 aromatic rings. The molecule has 0 aliphatic rings. The predicted molar refractivity (Wildman–Crippen MR) is 64.7 cm³/mol. The number of ketones is 1. The second-order valence-electron chi connectivity index (χ2n) is 4.02. The Kier molecular flexibility index (Phi) is 4.22. The van der Waals surface area contributed by atoms with Gasteiger partial charge in [-0.15, -0.1) is 0 Å². The lowest BCUT2D eigenvalue weighted by Crippen LogP contribution is -2.26. The first kappa shape index (κ1) is 12.4. The number of carbonyl (C=O) groups is 1. The lowest BCUT2D eigenvalue weighted by atomic mass is 10.3. The summed E-state index contributed by atoms with van der Waals surface area (Å²) in [5, 5.41) is 2.95. The molecule has 1 N–H and O–H groups in total. The molecule has 0 spiro atoms. The minimum absolute atomic E-state index is 0.0809. The third-order valence-electron chi connectivity index (χ3n) is 2.31. The second-order valence-corrected chi connectivity index (χ2v) is 4.02. The third-order valence-corrected chi connectivity index (χ3v) is 2.31. The average molecular weight is 222 g/mol. The molecule has 0 aromatic carbocycles. The van der Waals surface area contributed by atoms with E-state index in [0.29, 0.717) is 18.4 Å². The molecular formula is C11H18N4O. The van der Waals surface area contributed by atoms with E-state index in [0.717, 1.165) is 5.82 Å². The molecule has 0 bridgehead atoms. The first-order chi connectivity index (χ1) is 7.50. The van der Waals surface area contributed by atoms with Crippen LogP contribution in [0.2, 0.25) is 0 Å². The summed E-state index contributed by atoms with van der Waals surface area (Å²) >= 11 is 0. The third kappa shape index (κ3) is 3.49. The van der Waals surface area contributed by atoms with Gasteiger partial charge in [-0.3, -0.25) is 4.79 Å². The van der Waals surface area contributed by atoms with Gasteiger partial charge in [0.1, 0.15) is 23.7 Å². The van der Waals surface area contributed by atoms with E-state index in [9.17, 15) is 4.79 Å². The minimum atomic E-state index is 0.0809. The van der Waals surface area contributed by atoms with E-state index in [4.69, 9.17) is 0 Å². The minimum Gasteiger partial charge on any atom is -0.363 e. The fourth-order valence-corrected chi connectivity index (χ4v) is 1.12. The topological polar surface area (TPSA) is 58.1 Å². The van der Waals surface area contributed by atoms with Crippen molar-refractivity contribution in [3.05, 3.63) is 12.4 Å². The van der Waals surface area contributed by atoms with Gasteiger partial charge in [-0.25, -0.2) is 9.97 Å². The smallest absolute Gasteiger partial charge is 0.148 e. The molecule has 16 heavy (non-hydrogen) atoms. The van der Waals surface area contributed by atoms with Crippen LogP contribution in [0.3, 0.4) is 0 Å². The summed E-state index contributed by atoms with van der Waals surface area (Å²) < 4.78 is 0. The Morgan fingerprint density at radius 3 is 2.75 bits per heavy atom. The van der Waals surface area contributed by atoms with E-state index < -0.39 is 0 Å². The Balaban J connectivity index is 2.74. The number of nitrogens with one attached hydrogen (secondary N) is 1. The standard InChI is InChI=1S/C11H18N4O/c1-8(2)15(4)11-5-10(13-7-14-11)12-6-9(3)16/h5,7-8H,6H2,1-4H3,(H,12,13,14). The SMILES string of the molecule is CC(=O)CNc1cc(N(C)C(C)C)ncn1. The molecule has 0 radical (unpaired) electrons. The van der Waals surface area contributed by atoms with Crippen LogP contribution in [0, 0.1) is 0 Å². The molecule has 1 aromatic heterocycles. The average Bonchev–Trinajstić information content (AvgIpc) is 2.25. The number of Topliss-reactive ketones (excluding diaryl/α,β-unsaturated/α-hetero) is 1. The highest BCUT2D eigenvalue weighted by Crippen LogP contribution is 2.14. The van der Waals surface area contributed by atoms with Crippen LogP contribution in [-0.4, -0.2) is 35.4 Å². The molecule has 1 heterocycles. The Morgan fingerprint density at radius 1 is 1.50 bits per heavy atom. The zero-order valence-electron chi connectivity index (χ0n) is 10.2. The predicted octanol–water partition coefficient (Wildman–Crippen LogP) is 1.32. The normalized spacial score (nSPS) is 10.3. The van der Waals surface area contributed by atoms with Crippen molar-refractivity contribution in [2.45, 2.75) is 26.8 Å². The highest BCUT2D eigenvalue weighted by Gasteiger charge is 2.07. The van der Waals surface area contributed by atoms with Crippen molar-refractivity contribution in [2.24, 2.45) is 0 Å². The monoisotopic (exact) mass is 222 g/mol. The maximum atomic E-state index is 10.8. The van der Waals surface area contributed by atoms with Crippen molar-refractivity contribution in [3.63, 3.8) is 0 Å². The number of hydrogen-bond donors (Lipinski definition) is 1. The molecule has 0 aliphatic carbocycles. The van der Waals surface area contributed by atoms with Crippen LogP contribution in [0.5, 0.6) is 0 Å². The summed E-state index contributed by atoms with van der Waals surface area (Å²) in [5.74, 6) is 1.60. The van der Waals surface area contributed by atoms with Crippen molar-refractivity contribution in [1.82, 2.24) is 9.97 Å². The lowest BCUT2D eigenvalue weighted by Gasteiger charge is -2.22. The van der Waals surface area contributed by atoms with Gasteiger partial charge in [0.25, 0.3) is 0 Å². The largest absolute Gasteiger partial charge is 0.363 e. The van der Waals surface area contributed by atoms with E-state index in [1.54, 1.807) is 0 Å². The molecule has 0 aliphatic heterocycles. The summed E-state index contributed by atoms with van der Waals surface area (Å²) in [6, 6.07) is 2.21. The van der Waals surface area contributed by atoms with E-state index in [2.05, 4.69) is 29.1 Å². The second kappa shape index (κ2) is 5.44. The van der Waals surface area contributed by atoms with Crippen LogP contribution in [-0.2, 0) is 4.79 Å². The van der Waals surface area contributed by atoms with Gasteiger partial charge in [0.15, 0.2) is 0 Å². The van der Waals surface area contributed by atoms with Gasteiger partial charge in [-0.1, -0.05) is 0 Å². The lowest BCUT2D eigenvalue weighted by molar-refractivity contribution is -0.115. The maximum Gasteiger partial charge on any atom is 0.148 e. The van der Waals surface area contributed by atoms with E-state index in [-0.39, 0.29) is 5.78 Å². The summed E-state index contributed by atoms with van der Waals surface area (Å²) in [7, 11) is 1.97. The Morgan fingerprint density at radius 2 is 2.19 bits per heavy atom. The molecule has 0 fully saturated rings. The fraction of sp³-hybridized carbons (Fsp3) is 0.545. The Hall–Kier alpha value is -1.65. The molecule has 0 saturated heterocycles. The van der Waals surface area contributed by atoms with Gasteiger partial charge in [-0.2, -0.15) is 0 Å². The molecular weight excluding hydrogens is 204 g/mol. The zero-order chi connectivity index (χ0) is 12.1. The Bertz CT molecular complexity index is 365. The highest BCUT2D eigenvalue weighted by atomic mass is 16.1. The van der Waals surface area contributed by atoms with Crippen LogP contribution in [0.1, 0.15) is 20.8 Å². The van der Waals surface area contributed by atoms with Gasteiger partial charge >= 0.3 is 0 Å². The highest BCUT2D eigenvalue weighted by molar-refractivity contribution is 5.80. The van der Waals surface area contributed by atoms with Gasteiger partial charge in [0.05, 0.1) is 6.54 Å². The van der Waals surface area contributed by atoms with Crippen LogP contribution >= 0.6 is 0 Å². The van der Waals surface area contributed by atoms with Crippen LogP contribution in [0.25, 0.3) is 0 Å². The molecule has 5 heteroatoms. The summed E-state index contributed by atoms with van der Waals surface area (Å²) in [4.78, 5) is 21.1. The fourth-order valence-electron chi connectivity index (χ4n) is 1.12. The van der Waals surface area contributed by atoms with Crippen molar-refractivity contribution in [1.29, 1.82) is 0 Å². The van der Waals surface area contributed by atoms with E-state index in [1.807, 2.05) is 18.0 Å². The molecule has 5 nitrogen and oxygen atoms in total. The van der Waals surface area contributed by atoms with Crippen LogP contribution in [0.4, 0.5) is 11.6 Å². The van der Waals surface area contributed by atoms with Crippen LogP contribution < -0.4 is 10.2 Å². The first-order valence-electron chi connectivity index (χ1n) is 5.29. The molecule has 0 amide bonds. The molecule has 1 rings (SSSR count). The zero-order valence-corrected chi connectivity index (χ0v) is 10.2. The number of carbonyl (C=O) groups excluding carboxylic acids is 1. The van der Waals surface area contributed by atoms with Crippen molar-refractivity contribution in [3.8, 4) is 0 Å². The van der Waals surface area contributed by atoms with Crippen molar-refractivity contribution >= 4 is 17.4 Å². The van der Waals surface area contributed by atoms with Crippen LogP contribution in [0.15, 0.2) is 12.4 Å². The quantitative estimate of drug-likeness (QED) is 0.814. The number of rotatable bonds is 5. The first-order valence-corrected chi connectivity index (χ1v) is 5.29. The number of aromatic nitrogens is 2. The summed E-state index contributed by atoms with van der Waals surface area (Å²) in [6.07, 6.45) is 1.50. The Labute approximate surface area is 95.9 Å². The number of nitrogens with zero attached hydrogens (tertiary/aromatic N) is 3. The van der Waals surface area contributed by atoms with Gasteiger partial charge in [-0.05, 0) is 20.8 Å². The number of hydrogen-bond acceptors (Lipinski definition) is 5. The number of anilines is 2. The maximum absolute atomic E-state index is 10.8. The molecule has 0 atom stereocenters. The van der Waals surface area contributed by atoms with Crippen molar-refractivity contribution in [2.75, 3.05) is 23.8 Å². The van der Waals surface area contributed by atoms with Gasteiger partial charge in [0, 0.05) is 19.2 Å². The summed E-state index contributed by atoms with van der Waals surface area (Å²) in [5.41, 5.74) is 0. The summed E-state index contributed by atoms with van der Waals surface area (Å²) in [6.45, 7) is 6.01. The molecule has 0 saturated carbocycles. The molecule has 0 unspecified atom stereocenters. The van der Waals surface area contributed by atoms with E-state index in [1.165, 1.54) is 13.3 Å². The van der Waals surface area contributed by atoms with Crippen molar-refractivity contribution < 1.29 is 4.79 Å². The van der Waals surface area contributed by atoms with Gasteiger partial charge < -0.3 is 10.2 Å². The molecule has 88 valence electrons.